The van der Waals surface area contributed by atoms with Crippen LogP contribution < -0.4 is 0 Å². The number of hydrogen-bond acceptors (Lipinski definition) is 2. The Labute approximate surface area is 190 Å². The molecular formula is C27H46N2O2. The van der Waals surface area contributed by atoms with Gasteiger partial charge in [-0.25, -0.2) is 10.1 Å². The minimum Gasteiger partial charge on any atom is -0.235 e. The molecule has 176 valence electrons. The minimum atomic E-state index is -0.0183. The van der Waals surface area contributed by atoms with Crippen LogP contribution in [0.15, 0.2) is 0 Å². The van der Waals surface area contributed by atoms with Crippen molar-refractivity contribution in [2.45, 2.75) is 111 Å². The molecule has 1 heterocycles. The second kappa shape index (κ2) is 7.90. The van der Waals surface area contributed by atoms with Gasteiger partial charge in [-0.3, -0.25) is 0 Å². The van der Waals surface area contributed by atoms with Gasteiger partial charge in [0.1, 0.15) is 0 Å². The monoisotopic (exact) mass is 430 g/mol. The standard InChI is InChI=1S/C27H46N2O2/c1-18(2)8-7-9-19(3)21-11-12-22-20-16-25-24-10-5-6-14-27(24,17-28(25)29(30)31)23(20)13-15-26(21,22)4/h18-25H,5-17H2,1-4H3/t19?,20-,21+,22-,23-,24+,25+,26+,27-/m0/s1. The minimum absolute atomic E-state index is 0.0183. The molecule has 31 heavy (non-hydrogen) atoms. The molecule has 4 aliphatic carbocycles. The highest BCUT2D eigenvalue weighted by atomic mass is 16.7. The van der Waals surface area contributed by atoms with E-state index < -0.39 is 0 Å². The molecule has 0 spiro atoms. The maximum Gasteiger partial charge on any atom is 0.160 e. The van der Waals surface area contributed by atoms with Crippen molar-refractivity contribution in [3.05, 3.63) is 10.1 Å². The average Bonchev–Trinajstić information content (AvgIpc) is 3.20. The summed E-state index contributed by atoms with van der Waals surface area (Å²) in [6.07, 6.45) is 15.9. The van der Waals surface area contributed by atoms with Gasteiger partial charge in [-0.1, -0.05) is 59.8 Å². The van der Waals surface area contributed by atoms with E-state index in [-0.39, 0.29) is 16.5 Å². The Morgan fingerprint density at radius 1 is 1.00 bits per heavy atom. The lowest BCUT2D eigenvalue weighted by molar-refractivity contribution is -0.661. The van der Waals surface area contributed by atoms with Crippen molar-refractivity contribution in [3.63, 3.8) is 0 Å². The van der Waals surface area contributed by atoms with Crippen LogP contribution >= 0.6 is 0 Å². The number of rotatable bonds is 6. The molecule has 5 rings (SSSR count). The van der Waals surface area contributed by atoms with Gasteiger partial charge in [0.15, 0.2) is 5.03 Å². The van der Waals surface area contributed by atoms with E-state index in [1.165, 1.54) is 70.6 Å². The van der Waals surface area contributed by atoms with E-state index in [1.54, 1.807) is 5.01 Å². The molecule has 9 atom stereocenters. The maximum atomic E-state index is 12.0. The molecule has 5 aliphatic rings. The average molecular weight is 431 g/mol. The van der Waals surface area contributed by atoms with Crippen LogP contribution in [-0.4, -0.2) is 22.6 Å². The third-order valence-corrected chi connectivity index (χ3v) is 11.5. The summed E-state index contributed by atoms with van der Waals surface area (Å²) in [5, 5.41) is 13.7. The van der Waals surface area contributed by atoms with E-state index >= 15 is 0 Å². The first-order chi connectivity index (χ1) is 14.8. The second-order valence-corrected chi connectivity index (χ2v) is 13.1. The Hall–Kier alpha value is -0.800. The summed E-state index contributed by atoms with van der Waals surface area (Å²) in [6.45, 7) is 10.6. The summed E-state index contributed by atoms with van der Waals surface area (Å²) in [4.78, 5) is 12.0. The van der Waals surface area contributed by atoms with Crippen LogP contribution in [0.3, 0.4) is 0 Å². The first-order valence-electron chi connectivity index (χ1n) is 13.7. The summed E-state index contributed by atoms with van der Waals surface area (Å²) < 4.78 is 0. The van der Waals surface area contributed by atoms with Crippen molar-refractivity contribution in [2.75, 3.05) is 6.54 Å². The van der Waals surface area contributed by atoms with Crippen LogP contribution in [0.1, 0.15) is 105 Å². The molecule has 4 saturated carbocycles. The fourth-order valence-corrected chi connectivity index (χ4v) is 10.4. The van der Waals surface area contributed by atoms with E-state index in [9.17, 15) is 10.1 Å². The molecular weight excluding hydrogens is 384 g/mol. The lowest BCUT2D eigenvalue weighted by Crippen LogP contribution is -2.55. The number of fused-ring (bicyclic) bond motifs is 3. The first-order valence-corrected chi connectivity index (χ1v) is 13.7. The Kier molecular flexibility index (Phi) is 5.61. The molecule has 4 heteroatoms. The van der Waals surface area contributed by atoms with E-state index in [0.29, 0.717) is 11.3 Å². The van der Waals surface area contributed by atoms with Gasteiger partial charge in [-0.05, 0) is 91.8 Å². The van der Waals surface area contributed by atoms with Crippen molar-refractivity contribution in [2.24, 2.45) is 52.3 Å². The molecule has 0 N–H and O–H groups in total. The predicted octanol–water partition coefficient (Wildman–Crippen LogP) is 6.96. The van der Waals surface area contributed by atoms with Crippen molar-refractivity contribution in [1.82, 2.24) is 5.01 Å². The SMILES string of the molecule is CC(C)CCCC(C)[C@H]1CC[C@H]2[C@@H]3C[C@@H]4[C@H]5CCCC[C@]5(CN4[N+](=O)[O-])[C@H]3CC[C@]12C. The molecule has 1 unspecified atom stereocenters. The Bertz CT molecular complexity index is 695. The van der Waals surface area contributed by atoms with Gasteiger partial charge in [0.2, 0.25) is 0 Å². The summed E-state index contributed by atoms with van der Waals surface area (Å²) in [7, 11) is 0. The van der Waals surface area contributed by atoms with Gasteiger partial charge in [-0.2, -0.15) is 0 Å². The number of hydrazine groups is 1. The van der Waals surface area contributed by atoms with Gasteiger partial charge < -0.3 is 0 Å². The molecule has 2 bridgehead atoms. The summed E-state index contributed by atoms with van der Waals surface area (Å²) in [6, 6.07) is 0.224. The van der Waals surface area contributed by atoms with E-state index in [0.717, 1.165) is 48.5 Å². The first kappa shape index (κ1) is 22.0. The third kappa shape index (κ3) is 3.28. The predicted molar refractivity (Wildman–Crippen MR) is 125 cm³/mol. The van der Waals surface area contributed by atoms with Crippen molar-refractivity contribution < 1.29 is 5.03 Å². The fourth-order valence-electron chi connectivity index (χ4n) is 10.4. The van der Waals surface area contributed by atoms with Gasteiger partial charge in [-0.15, -0.1) is 5.01 Å². The van der Waals surface area contributed by atoms with Crippen molar-refractivity contribution in [3.8, 4) is 0 Å². The van der Waals surface area contributed by atoms with E-state index in [2.05, 4.69) is 27.7 Å². The largest absolute Gasteiger partial charge is 0.235 e. The number of nitrogens with zero attached hydrogens (tertiary/aromatic N) is 2. The zero-order valence-electron chi connectivity index (χ0n) is 20.5. The normalized spacial score (nSPS) is 47.1. The lowest BCUT2D eigenvalue weighted by Gasteiger charge is -2.59. The highest BCUT2D eigenvalue weighted by Gasteiger charge is 2.69. The highest BCUT2D eigenvalue weighted by molar-refractivity contribution is 5.16. The summed E-state index contributed by atoms with van der Waals surface area (Å²) >= 11 is 0. The molecule has 5 fully saturated rings. The molecule has 0 amide bonds. The molecule has 1 saturated heterocycles. The van der Waals surface area contributed by atoms with Crippen LogP contribution in [0.25, 0.3) is 0 Å². The topological polar surface area (TPSA) is 46.4 Å². The van der Waals surface area contributed by atoms with Crippen LogP contribution in [-0.2, 0) is 0 Å². The molecule has 4 nitrogen and oxygen atoms in total. The molecule has 0 aromatic carbocycles. The summed E-state index contributed by atoms with van der Waals surface area (Å²) in [5.41, 5.74) is 0.747. The van der Waals surface area contributed by atoms with Crippen molar-refractivity contribution >= 4 is 0 Å². The van der Waals surface area contributed by atoms with Crippen LogP contribution in [0.5, 0.6) is 0 Å². The molecule has 0 aromatic rings. The van der Waals surface area contributed by atoms with Crippen LogP contribution in [0.2, 0.25) is 0 Å². The lowest BCUT2D eigenvalue weighted by atomic mass is 9.44. The van der Waals surface area contributed by atoms with E-state index in [1.807, 2.05) is 0 Å². The van der Waals surface area contributed by atoms with Gasteiger partial charge in [0, 0.05) is 5.41 Å². The number of hydrogen-bond donors (Lipinski definition) is 0. The zero-order valence-corrected chi connectivity index (χ0v) is 20.5. The van der Waals surface area contributed by atoms with Crippen molar-refractivity contribution in [1.29, 1.82) is 0 Å². The number of nitro groups is 1. The highest BCUT2D eigenvalue weighted by Crippen LogP contribution is 2.70. The van der Waals surface area contributed by atoms with Crippen LogP contribution in [0.4, 0.5) is 0 Å². The van der Waals surface area contributed by atoms with Gasteiger partial charge in [0.05, 0.1) is 12.6 Å². The smallest absolute Gasteiger partial charge is 0.160 e. The third-order valence-electron chi connectivity index (χ3n) is 11.5. The fraction of sp³-hybridized carbons (Fsp3) is 1.00. The Balaban J connectivity index is 1.37. The zero-order chi connectivity index (χ0) is 22.0. The maximum absolute atomic E-state index is 12.0. The van der Waals surface area contributed by atoms with Gasteiger partial charge >= 0.3 is 0 Å². The summed E-state index contributed by atoms with van der Waals surface area (Å²) in [5.74, 6) is 5.45. The quantitative estimate of drug-likeness (QED) is 0.338. The van der Waals surface area contributed by atoms with Gasteiger partial charge in [0.25, 0.3) is 0 Å². The molecule has 0 aromatic heterocycles. The second-order valence-electron chi connectivity index (χ2n) is 13.1. The Morgan fingerprint density at radius 3 is 2.55 bits per heavy atom. The molecule has 1 aliphatic heterocycles. The van der Waals surface area contributed by atoms with Crippen LogP contribution in [0, 0.1) is 62.4 Å². The molecule has 0 radical (unpaired) electrons. The Morgan fingerprint density at radius 2 is 1.81 bits per heavy atom. The van der Waals surface area contributed by atoms with E-state index in [4.69, 9.17) is 0 Å².